The van der Waals surface area contributed by atoms with E-state index in [-0.39, 0.29) is 11.6 Å². The van der Waals surface area contributed by atoms with E-state index in [0.29, 0.717) is 36.9 Å². The van der Waals surface area contributed by atoms with E-state index in [2.05, 4.69) is 15.1 Å². The van der Waals surface area contributed by atoms with Crippen molar-refractivity contribution in [2.75, 3.05) is 40.5 Å². The Kier molecular flexibility index (Phi) is 6.15. The highest BCUT2D eigenvalue weighted by Gasteiger charge is 2.20. The van der Waals surface area contributed by atoms with Crippen LogP contribution in [0.4, 0.5) is 5.69 Å². The molecule has 1 saturated heterocycles. The molecule has 0 atom stereocenters. The number of hydrogen-bond acceptors (Lipinski definition) is 7. The molecule has 1 aliphatic heterocycles. The molecular weight excluding hydrogens is 400 g/mol. The largest absolute Gasteiger partial charge is 0.493 e. The summed E-state index contributed by atoms with van der Waals surface area (Å²) in [4.78, 5) is 14.8. The molecule has 9 nitrogen and oxygen atoms in total. The van der Waals surface area contributed by atoms with Gasteiger partial charge in [-0.25, -0.2) is 0 Å². The number of carbonyl (C=O) groups excluding carboxylic acids is 1. The fourth-order valence-corrected chi connectivity index (χ4v) is 3.58. The number of amides is 1. The van der Waals surface area contributed by atoms with Gasteiger partial charge in [0.2, 0.25) is 5.88 Å². The number of benzene rings is 2. The minimum absolute atomic E-state index is 0.0310. The summed E-state index contributed by atoms with van der Waals surface area (Å²) >= 11 is 0. The molecule has 2 heterocycles. The minimum atomic E-state index is -0.551. The summed E-state index contributed by atoms with van der Waals surface area (Å²) in [7, 11) is 3.02. The average Bonchev–Trinajstić information content (AvgIpc) is 3.08. The zero-order chi connectivity index (χ0) is 21.8. The molecule has 1 aliphatic rings. The molecule has 0 aliphatic carbocycles. The van der Waals surface area contributed by atoms with Crippen LogP contribution in [-0.4, -0.2) is 61.0 Å². The summed E-state index contributed by atoms with van der Waals surface area (Å²) in [5.74, 6) is 0.357. The Balaban J connectivity index is 1.64. The minimum Gasteiger partial charge on any atom is -0.493 e. The van der Waals surface area contributed by atoms with E-state index in [1.165, 1.54) is 14.2 Å². The molecule has 2 aromatic carbocycles. The first-order chi connectivity index (χ1) is 15.1. The van der Waals surface area contributed by atoms with Gasteiger partial charge in [0.25, 0.3) is 5.91 Å². The Hall–Kier alpha value is -3.43. The van der Waals surface area contributed by atoms with Crippen molar-refractivity contribution in [1.82, 2.24) is 9.47 Å². The van der Waals surface area contributed by atoms with Crippen LogP contribution in [0.25, 0.3) is 10.9 Å². The van der Waals surface area contributed by atoms with Crippen molar-refractivity contribution < 1.29 is 24.1 Å². The number of nitrogens with zero attached hydrogens (tertiary/aromatic N) is 4. The Labute approximate surface area is 179 Å². The van der Waals surface area contributed by atoms with Gasteiger partial charge in [-0.2, -0.15) is 0 Å². The third-order valence-electron chi connectivity index (χ3n) is 5.23. The van der Waals surface area contributed by atoms with Crippen LogP contribution in [0.5, 0.6) is 17.4 Å². The molecule has 1 amide bonds. The van der Waals surface area contributed by atoms with Crippen LogP contribution < -0.4 is 9.47 Å². The van der Waals surface area contributed by atoms with Gasteiger partial charge in [-0.05, 0) is 24.3 Å². The van der Waals surface area contributed by atoms with E-state index in [1.54, 1.807) is 22.8 Å². The molecule has 0 spiro atoms. The molecule has 0 radical (unpaired) electrons. The molecule has 0 unspecified atom stereocenters. The van der Waals surface area contributed by atoms with Crippen LogP contribution in [0.15, 0.2) is 52.7 Å². The number of aromatic hydroxyl groups is 1. The second-order valence-corrected chi connectivity index (χ2v) is 7.06. The maximum absolute atomic E-state index is 12.6. The summed E-state index contributed by atoms with van der Waals surface area (Å²) in [6.45, 7) is 3.37. The lowest BCUT2D eigenvalue weighted by molar-refractivity contribution is 0.0231. The highest BCUT2D eigenvalue weighted by atomic mass is 16.5. The highest BCUT2D eigenvalue weighted by molar-refractivity contribution is 5.97. The van der Waals surface area contributed by atoms with Crippen molar-refractivity contribution in [2.24, 2.45) is 10.2 Å². The van der Waals surface area contributed by atoms with E-state index in [4.69, 9.17) is 14.2 Å². The molecule has 1 N–H and O–H groups in total. The molecule has 3 aromatic rings. The third-order valence-corrected chi connectivity index (χ3v) is 5.23. The smallest absolute Gasteiger partial charge is 0.295 e. The second kappa shape index (κ2) is 9.15. The van der Waals surface area contributed by atoms with Gasteiger partial charge in [-0.15, -0.1) is 10.2 Å². The summed E-state index contributed by atoms with van der Waals surface area (Å²) in [6.07, 6.45) is 0. The lowest BCUT2D eigenvalue weighted by atomic mass is 10.2. The Morgan fingerprint density at radius 3 is 2.58 bits per heavy atom. The molecular formula is C22H24N4O5. The van der Waals surface area contributed by atoms with Crippen LogP contribution in [0.2, 0.25) is 0 Å². The number of para-hydroxylation sites is 1. The normalized spacial score (nSPS) is 14.9. The first kappa shape index (κ1) is 20.8. The Morgan fingerprint density at radius 2 is 1.84 bits per heavy atom. The van der Waals surface area contributed by atoms with Gasteiger partial charge in [0.05, 0.1) is 39.6 Å². The standard InChI is InChI=1S/C22H24N4O5/c1-29-18-8-7-15(13-19(18)30-2)21(27)24-23-20-16-5-3-4-6-17(16)26(22(20)28)14-25-9-11-31-12-10-25/h3-8,13,28H,9-12,14H2,1-2H3. The summed E-state index contributed by atoms with van der Waals surface area (Å²) in [5.41, 5.74) is 1.38. The van der Waals surface area contributed by atoms with Crippen LogP contribution in [-0.2, 0) is 11.4 Å². The number of morpholine rings is 1. The van der Waals surface area contributed by atoms with Crippen LogP contribution in [0.1, 0.15) is 10.4 Å². The van der Waals surface area contributed by atoms with E-state index in [1.807, 2.05) is 24.3 Å². The molecule has 9 heteroatoms. The fraction of sp³-hybridized carbons (Fsp3) is 0.318. The van der Waals surface area contributed by atoms with Crippen molar-refractivity contribution in [3.8, 4) is 17.4 Å². The third kappa shape index (κ3) is 4.23. The fourth-order valence-electron chi connectivity index (χ4n) is 3.58. The van der Waals surface area contributed by atoms with E-state index >= 15 is 0 Å². The Morgan fingerprint density at radius 1 is 1.10 bits per heavy atom. The predicted octanol–water partition coefficient (Wildman–Crippen LogP) is 3.58. The van der Waals surface area contributed by atoms with E-state index in [0.717, 1.165) is 24.0 Å². The molecule has 0 bridgehead atoms. The van der Waals surface area contributed by atoms with Gasteiger partial charge >= 0.3 is 0 Å². The van der Waals surface area contributed by atoms with Gasteiger partial charge in [0, 0.05) is 24.0 Å². The first-order valence-electron chi connectivity index (χ1n) is 9.90. The van der Waals surface area contributed by atoms with Crippen molar-refractivity contribution >= 4 is 22.5 Å². The highest BCUT2D eigenvalue weighted by Crippen LogP contribution is 2.39. The SMILES string of the molecule is COc1ccc(C(=O)N=Nc2c(O)n(CN3CCOCC3)c3ccccc23)cc1OC. The lowest BCUT2D eigenvalue weighted by Gasteiger charge is -2.27. The number of methoxy groups -OCH3 is 2. The molecule has 31 heavy (non-hydrogen) atoms. The number of rotatable bonds is 6. The zero-order valence-electron chi connectivity index (χ0n) is 17.4. The van der Waals surface area contributed by atoms with Gasteiger partial charge in [0.1, 0.15) is 0 Å². The van der Waals surface area contributed by atoms with E-state index < -0.39 is 5.91 Å². The maximum Gasteiger partial charge on any atom is 0.295 e. The molecule has 1 fully saturated rings. The average molecular weight is 424 g/mol. The second-order valence-electron chi connectivity index (χ2n) is 7.06. The van der Waals surface area contributed by atoms with Gasteiger partial charge in [-0.3, -0.25) is 14.3 Å². The van der Waals surface area contributed by atoms with Crippen LogP contribution in [0, 0.1) is 0 Å². The van der Waals surface area contributed by atoms with Crippen molar-refractivity contribution in [3.05, 3.63) is 48.0 Å². The number of azo groups is 1. The van der Waals surface area contributed by atoms with Crippen molar-refractivity contribution in [1.29, 1.82) is 0 Å². The topological polar surface area (TPSA) is 97.9 Å². The van der Waals surface area contributed by atoms with Gasteiger partial charge < -0.3 is 19.3 Å². The number of fused-ring (bicyclic) bond motifs is 1. The number of aromatic nitrogens is 1. The van der Waals surface area contributed by atoms with Crippen molar-refractivity contribution in [3.63, 3.8) is 0 Å². The number of hydrogen-bond donors (Lipinski definition) is 1. The monoisotopic (exact) mass is 424 g/mol. The lowest BCUT2D eigenvalue weighted by Crippen LogP contribution is -2.37. The molecule has 1 aromatic heterocycles. The maximum atomic E-state index is 12.6. The summed E-state index contributed by atoms with van der Waals surface area (Å²) in [5, 5.41) is 19.6. The van der Waals surface area contributed by atoms with Gasteiger partial charge in [-0.1, -0.05) is 18.2 Å². The zero-order valence-corrected chi connectivity index (χ0v) is 17.4. The van der Waals surface area contributed by atoms with Crippen molar-refractivity contribution in [2.45, 2.75) is 6.67 Å². The first-order valence-corrected chi connectivity index (χ1v) is 9.90. The van der Waals surface area contributed by atoms with Crippen LogP contribution in [0.3, 0.4) is 0 Å². The quantitative estimate of drug-likeness (QED) is 0.608. The molecule has 4 rings (SSSR count). The number of ether oxygens (including phenoxy) is 3. The van der Waals surface area contributed by atoms with Gasteiger partial charge in [0.15, 0.2) is 17.2 Å². The summed E-state index contributed by atoms with van der Waals surface area (Å²) in [6, 6.07) is 12.3. The summed E-state index contributed by atoms with van der Waals surface area (Å²) < 4.78 is 17.6. The predicted molar refractivity (Wildman–Crippen MR) is 114 cm³/mol. The Bertz CT molecular complexity index is 1120. The molecule has 0 saturated carbocycles. The number of carbonyl (C=O) groups is 1. The van der Waals surface area contributed by atoms with Crippen LogP contribution >= 0.6 is 0 Å². The van der Waals surface area contributed by atoms with E-state index in [9.17, 15) is 9.90 Å². The molecule has 162 valence electrons.